The standard InChI is InChI=1S/C4H8O3P/c1-2-3-4-8(5,6)7/h3-4H,1-2H2,(H2,5,6,7). The van der Waals surface area contributed by atoms with Gasteiger partial charge in [-0.15, -0.1) is 0 Å². The average molecular weight is 135 g/mol. The van der Waals surface area contributed by atoms with Gasteiger partial charge in [0.05, 0.1) is 0 Å². The molecule has 0 fully saturated rings. The molecule has 0 bridgehead atoms. The third kappa shape index (κ3) is 5.89. The second-order valence-corrected chi connectivity index (χ2v) is 2.74. The summed E-state index contributed by atoms with van der Waals surface area (Å²) in [6, 6.07) is 0. The van der Waals surface area contributed by atoms with Gasteiger partial charge in [-0.2, -0.15) is 0 Å². The molecule has 0 aromatic rings. The lowest BCUT2D eigenvalue weighted by molar-refractivity contribution is 0.386. The molecule has 0 atom stereocenters. The summed E-state index contributed by atoms with van der Waals surface area (Å²) in [4.78, 5) is 16.3. The van der Waals surface area contributed by atoms with Crippen LogP contribution in [-0.2, 0) is 4.57 Å². The summed E-state index contributed by atoms with van der Waals surface area (Å²) in [6.07, 6.45) is 1.74. The van der Waals surface area contributed by atoms with E-state index in [-0.39, 0.29) is 0 Å². The van der Waals surface area contributed by atoms with Crippen LogP contribution in [0.3, 0.4) is 0 Å². The summed E-state index contributed by atoms with van der Waals surface area (Å²) < 4.78 is 9.97. The molecule has 0 unspecified atom stereocenters. The van der Waals surface area contributed by atoms with Gasteiger partial charge in [-0.25, -0.2) is 0 Å². The Balaban J connectivity index is 3.71. The zero-order valence-electron chi connectivity index (χ0n) is 4.32. The number of rotatable bonds is 2. The van der Waals surface area contributed by atoms with E-state index < -0.39 is 7.60 Å². The smallest absolute Gasteiger partial charge is 0.321 e. The van der Waals surface area contributed by atoms with Crippen molar-refractivity contribution in [1.29, 1.82) is 0 Å². The third-order valence-corrected chi connectivity index (χ3v) is 1.07. The van der Waals surface area contributed by atoms with Crippen molar-refractivity contribution >= 4 is 7.60 Å². The van der Waals surface area contributed by atoms with E-state index in [1.54, 1.807) is 0 Å². The molecule has 1 radical (unpaired) electrons. The zero-order chi connectivity index (χ0) is 6.62. The van der Waals surface area contributed by atoms with Crippen molar-refractivity contribution < 1.29 is 14.4 Å². The molecule has 47 valence electrons. The first kappa shape index (κ1) is 7.89. The summed E-state index contributed by atoms with van der Waals surface area (Å²) in [6.45, 7) is 3.36. The molecule has 0 amide bonds. The normalized spacial score (nSPS) is 12.9. The fourth-order valence-electron chi connectivity index (χ4n) is 0.212. The maximum atomic E-state index is 9.97. The van der Waals surface area contributed by atoms with E-state index in [1.807, 2.05) is 0 Å². The maximum Gasteiger partial charge on any atom is 0.348 e. The molecular formula is C4H8O3P. The summed E-state index contributed by atoms with van der Waals surface area (Å²) in [7, 11) is -3.90. The molecule has 0 aliphatic rings. The van der Waals surface area contributed by atoms with Crippen LogP contribution in [0, 0.1) is 6.92 Å². The Morgan fingerprint density at radius 2 is 2.12 bits per heavy atom. The van der Waals surface area contributed by atoms with E-state index in [0.717, 1.165) is 5.82 Å². The first-order valence-corrected chi connectivity index (χ1v) is 3.76. The van der Waals surface area contributed by atoms with Gasteiger partial charge >= 0.3 is 7.60 Å². The molecule has 8 heavy (non-hydrogen) atoms. The Morgan fingerprint density at radius 3 is 2.25 bits per heavy atom. The van der Waals surface area contributed by atoms with Gasteiger partial charge in [-0.3, -0.25) is 4.57 Å². The number of allylic oxidation sites excluding steroid dienone is 1. The molecule has 0 aromatic carbocycles. The van der Waals surface area contributed by atoms with Crippen molar-refractivity contribution in [2.45, 2.75) is 6.42 Å². The molecule has 0 saturated heterocycles. The van der Waals surface area contributed by atoms with Gasteiger partial charge in [0.25, 0.3) is 0 Å². The van der Waals surface area contributed by atoms with Gasteiger partial charge in [-0.1, -0.05) is 6.08 Å². The first-order chi connectivity index (χ1) is 3.56. The topological polar surface area (TPSA) is 57.5 Å². The van der Waals surface area contributed by atoms with E-state index in [9.17, 15) is 4.57 Å². The predicted octanol–water partition coefficient (Wildman–Crippen LogP) is 0.902. The molecule has 2 N–H and O–H groups in total. The van der Waals surface area contributed by atoms with Crippen LogP contribution in [0.1, 0.15) is 6.42 Å². The Morgan fingerprint density at radius 1 is 1.62 bits per heavy atom. The molecule has 0 aliphatic carbocycles. The van der Waals surface area contributed by atoms with E-state index >= 15 is 0 Å². The predicted molar refractivity (Wildman–Crippen MR) is 31.2 cm³/mol. The highest BCUT2D eigenvalue weighted by molar-refractivity contribution is 7.55. The van der Waals surface area contributed by atoms with Crippen LogP contribution in [0.25, 0.3) is 0 Å². The molecule has 3 nitrogen and oxygen atoms in total. The quantitative estimate of drug-likeness (QED) is 0.553. The van der Waals surface area contributed by atoms with Crippen molar-refractivity contribution in [3.8, 4) is 0 Å². The van der Waals surface area contributed by atoms with Gasteiger partial charge in [0.15, 0.2) is 0 Å². The van der Waals surface area contributed by atoms with Crippen molar-refractivity contribution in [1.82, 2.24) is 0 Å². The summed E-state index contributed by atoms with van der Waals surface area (Å²) >= 11 is 0. The van der Waals surface area contributed by atoms with Crippen molar-refractivity contribution in [3.05, 3.63) is 18.8 Å². The van der Waals surface area contributed by atoms with Crippen LogP contribution in [0.2, 0.25) is 0 Å². The van der Waals surface area contributed by atoms with Crippen LogP contribution in [-0.4, -0.2) is 9.79 Å². The molecule has 0 aliphatic heterocycles. The van der Waals surface area contributed by atoms with E-state index in [0.29, 0.717) is 6.42 Å². The largest absolute Gasteiger partial charge is 0.348 e. The summed E-state index contributed by atoms with van der Waals surface area (Å²) in [5.41, 5.74) is 0. The highest BCUT2D eigenvalue weighted by Gasteiger charge is 2.03. The monoisotopic (exact) mass is 135 g/mol. The van der Waals surface area contributed by atoms with E-state index in [2.05, 4.69) is 6.92 Å². The van der Waals surface area contributed by atoms with E-state index in [4.69, 9.17) is 9.79 Å². The van der Waals surface area contributed by atoms with Gasteiger partial charge in [-0.05, 0) is 13.3 Å². The highest BCUT2D eigenvalue weighted by atomic mass is 31.2. The van der Waals surface area contributed by atoms with Gasteiger partial charge in [0, 0.05) is 5.82 Å². The molecule has 0 saturated carbocycles. The van der Waals surface area contributed by atoms with Gasteiger partial charge in [0.2, 0.25) is 0 Å². The molecule has 0 aromatic heterocycles. The van der Waals surface area contributed by atoms with Crippen LogP contribution in [0.15, 0.2) is 11.9 Å². The first-order valence-electron chi connectivity index (χ1n) is 2.08. The number of hydrogen-bond acceptors (Lipinski definition) is 1. The minimum absolute atomic E-state index is 0.408. The maximum absolute atomic E-state index is 9.97. The molecular weight excluding hydrogens is 127 g/mol. The minimum atomic E-state index is -3.90. The average Bonchev–Trinajstić information content (AvgIpc) is 1.59. The van der Waals surface area contributed by atoms with Gasteiger partial charge < -0.3 is 9.79 Å². The van der Waals surface area contributed by atoms with Crippen LogP contribution in [0.4, 0.5) is 0 Å². The SMILES string of the molecule is [CH2]CC=CP(=O)(O)O. The molecule has 0 spiro atoms. The lowest BCUT2D eigenvalue weighted by Gasteiger charge is -1.90. The molecule has 4 heteroatoms. The summed E-state index contributed by atoms with van der Waals surface area (Å²) in [5, 5.41) is 0. The Hall–Kier alpha value is -0.110. The number of hydrogen-bond donors (Lipinski definition) is 2. The zero-order valence-corrected chi connectivity index (χ0v) is 5.21. The van der Waals surface area contributed by atoms with Gasteiger partial charge in [0.1, 0.15) is 0 Å². The summed E-state index contributed by atoms with van der Waals surface area (Å²) in [5.74, 6) is 0.847. The van der Waals surface area contributed by atoms with Crippen molar-refractivity contribution in [2.24, 2.45) is 0 Å². The van der Waals surface area contributed by atoms with Crippen LogP contribution < -0.4 is 0 Å². The lowest BCUT2D eigenvalue weighted by Crippen LogP contribution is -1.67. The Labute approximate surface area is 48.2 Å². The molecule has 0 heterocycles. The van der Waals surface area contributed by atoms with E-state index in [1.165, 1.54) is 6.08 Å². The van der Waals surface area contributed by atoms with Crippen LogP contribution in [0.5, 0.6) is 0 Å². The minimum Gasteiger partial charge on any atom is -0.321 e. The lowest BCUT2D eigenvalue weighted by atomic mass is 10.5. The Kier molecular flexibility index (Phi) is 2.98. The second-order valence-electron chi connectivity index (χ2n) is 1.26. The molecule has 0 rings (SSSR count). The Bertz CT molecular complexity index is 123. The third-order valence-electron chi connectivity index (χ3n) is 0.466. The fraction of sp³-hybridized carbons (Fsp3) is 0.250. The van der Waals surface area contributed by atoms with Crippen molar-refractivity contribution in [3.63, 3.8) is 0 Å². The fourth-order valence-corrected chi connectivity index (χ4v) is 0.636. The second kappa shape index (κ2) is 3.02. The van der Waals surface area contributed by atoms with Crippen LogP contribution >= 0.6 is 7.60 Å². The highest BCUT2D eigenvalue weighted by Crippen LogP contribution is 2.35. The van der Waals surface area contributed by atoms with Crippen molar-refractivity contribution in [2.75, 3.05) is 0 Å².